The van der Waals surface area contributed by atoms with Crippen LogP contribution in [0.5, 0.6) is 0 Å². The molecule has 0 saturated carbocycles. The second-order valence-electron chi connectivity index (χ2n) is 14.1. The third-order valence-corrected chi connectivity index (χ3v) is 10.9. The summed E-state index contributed by atoms with van der Waals surface area (Å²) in [4.78, 5) is 2.35. The molecular weight excluding hydrogens is 653 g/mol. The highest BCUT2D eigenvalue weighted by Crippen LogP contribution is 2.40. The van der Waals surface area contributed by atoms with E-state index in [1.807, 2.05) is 0 Å². The van der Waals surface area contributed by atoms with Crippen LogP contribution in [0.1, 0.15) is 18.0 Å². The first kappa shape index (κ1) is 31.8. The molecule has 0 bridgehead atoms. The van der Waals surface area contributed by atoms with Crippen molar-refractivity contribution in [2.45, 2.75) is 12.5 Å². The van der Waals surface area contributed by atoms with E-state index in [2.05, 4.69) is 222 Å². The summed E-state index contributed by atoms with van der Waals surface area (Å²) < 4.78 is 2.55. The van der Waals surface area contributed by atoms with E-state index in [0.29, 0.717) is 0 Å². The minimum Gasteiger partial charge on any atom is -0.333 e. The molecule has 0 aliphatic heterocycles. The molecule has 2 nitrogen and oxygen atoms in total. The number of nitrogens with zero attached hydrogens (tertiary/aromatic N) is 2. The maximum atomic E-state index is 2.55. The maximum Gasteiger partial charge on any atom is 0.0566 e. The van der Waals surface area contributed by atoms with Crippen LogP contribution >= 0.6 is 0 Å². The van der Waals surface area contributed by atoms with Crippen molar-refractivity contribution in [2.75, 3.05) is 4.90 Å². The Morgan fingerprint density at radius 2 is 0.889 bits per heavy atom. The Balaban J connectivity index is 1.02. The Labute approximate surface area is 316 Å². The van der Waals surface area contributed by atoms with E-state index in [4.69, 9.17) is 0 Å². The van der Waals surface area contributed by atoms with E-state index in [0.717, 1.165) is 23.5 Å². The van der Waals surface area contributed by atoms with Gasteiger partial charge in [-0.05, 0) is 105 Å². The van der Waals surface area contributed by atoms with Crippen LogP contribution in [-0.4, -0.2) is 4.57 Å². The van der Waals surface area contributed by atoms with Crippen molar-refractivity contribution in [3.63, 3.8) is 0 Å². The smallest absolute Gasteiger partial charge is 0.0566 e. The summed E-state index contributed by atoms with van der Waals surface area (Å²) >= 11 is 0. The molecule has 1 atom stereocenters. The lowest BCUT2D eigenvalue weighted by Gasteiger charge is -2.26. The molecule has 9 aromatic rings. The molecule has 0 spiro atoms. The van der Waals surface area contributed by atoms with Gasteiger partial charge in [-0.1, -0.05) is 158 Å². The van der Waals surface area contributed by atoms with E-state index in [-0.39, 0.29) is 6.04 Å². The molecule has 0 fully saturated rings. The molecule has 1 aliphatic carbocycles. The van der Waals surface area contributed by atoms with Crippen molar-refractivity contribution in [3.05, 3.63) is 218 Å². The SMILES string of the molecule is C1=CC(c2ccc(N(c3ccc(-c4ccccc4)cc3)c3ccc(-c4ccccc4)cc3)cc2)=CC(n2c3ccccc3c3cc4ccccc4cc32)C1. The van der Waals surface area contributed by atoms with Crippen LogP contribution in [0.3, 0.4) is 0 Å². The lowest BCUT2D eigenvalue weighted by atomic mass is 9.96. The van der Waals surface area contributed by atoms with E-state index in [1.54, 1.807) is 0 Å². The fraction of sp³-hybridized carbons (Fsp3) is 0.0385. The van der Waals surface area contributed by atoms with Crippen LogP contribution in [0.15, 0.2) is 212 Å². The number of allylic oxidation sites excluding steroid dienone is 4. The summed E-state index contributed by atoms with van der Waals surface area (Å²) in [5.74, 6) is 0. The zero-order chi connectivity index (χ0) is 35.8. The van der Waals surface area contributed by atoms with Gasteiger partial charge in [0.15, 0.2) is 0 Å². The van der Waals surface area contributed by atoms with E-state index >= 15 is 0 Å². The molecule has 0 radical (unpaired) electrons. The van der Waals surface area contributed by atoms with Crippen LogP contribution in [0, 0.1) is 0 Å². The summed E-state index contributed by atoms with van der Waals surface area (Å²) in [6.07, 6.45) is 8.04. The zero-order valence-electron chi connectivity index (χ0n) is 29.9. The average molecular weight is 691 g/mol. The molecule has 54 heavy (non-hydrogen) atoms. The van der Waals surface area contributed by atoms with Crippen LogP contribution < -0.4 is 4.90 Å². The first-order valence-electron chi connectivity index (χ1n) is 18.8. The predicted octanol–water partition coefficient (Wildman–Crippen LogP) is 14.3. The van der Waals surface area contributed by atoms with Crippen LogP contribution in [0.2, 0.25) is 0 Å². The number of aromatic nitrogens is 1. The molecule has 1 aromatic heterocycles. The standard InChI is InChI=1S/C52H38N2/c1-3-12-37(13-4-1)39-22-28-45(29-23-39)53(46-30-24-40(25-31-46)38-14-5-2-6-15-38)47-32-26-41(27-33-47)42-18-11-19-48(34-42)54-51-21-10-9-20-49(51)50-35-43-16-7-8-17-44(43)36-52(50)54/h1-18,20-36,48H,19H2. The number of anilines is 3. The molecule has 8 aromatic carbocycles. The van der Waals surface area contributed by atoms with Crippen molar-refractivity contribution >= 4 is 55.2 Å². The van der Waals surface area contributed by atoms with Gasteiger partial charge >= 0.3 is 0 Å². The highest BCUT2D eigenvalue weighted by molar-refractivity contribution is 6.12. The van der Waals surface area contributed by atoms with Gasteiger partial charge in [0.2, 0.25) is 0 Å². The Morgan fingerprint density at radius 1 is 0.407 bits per heavy atom. The maximum absolute atomic E-state index is 2.55. The van der Waals surface area contributed by atoms with Gasteiger partial charge in [0.25, 0.3) is 0 Å². The molecule has 1 heterocycles. The lowest BCUT2D eigenvalue weighted by Crippen LogP contribution is -2.10. The van der Waals surface area contributed by atoms with Gasteiger partial charge in [0.1, 0.15) is 0 Å². The quantitative estimate of drug-likeness (QED) is 0.162. The van der Waals surface area contributed by atoms with Gasteiger partial charge in [-0.3, -0.25) is 0 Å². The third-order valence-electron chi connectivity index (χ3n) is 10.9. The third kappa shape index (κ3) is 5.79. The lowest BCUT2D eigenvalue weighted by molar-refractivity contribution is 0.650. The number of rotatable bonds is 7. The molecule has 1 aliphatic rings. The zero-order valence-corrected chi connectivity index (χ0v) is 29.9. The minimum atomic E-state index is 0.205. The van der Waals surface area contributed by atoms with Gasteiger partial charge < -0.3 is 9.47 Å². The second kappa shape index (κ2) is 13.6. The average Bonchev–Trinajstić information content (AvgIpc) is 3.57. The molecule has 0 saturated heterocycles. The van der Waals surface area contributed by atoms with E-state index in [1.165, 1.54) is 66.0 Å². The van der Waals surface area contributed by atoms with Crippen molar-refractivity contribution in [1.82, 2.24) is 4.57 Å². The van der Waals surface area contributed by atoms with Crippen molar-refractivity contribution in [2.24, 2.45) is 0 Å². The monoisotopic (exact) mass is 690 g/mol. The summed E-state index contributed by atoms with van der Waals surface area (Å²) in [6.45, 7) is 0. The summed E-state index contributed by atoms with van der Waals surface area (Å²) in [5.41, 5.74) is 13.2. The Hall–Kier alpha value is -6.90. The van der Waals surface area contributed by atoms with Crippen LogP contribution in [0.4, 0.5) is 17.1 Å². The van der Waals surface area contributed by atoms with Crippen molar-refractivity contribution < 1.29 is 0 Å². The Kier molecular flexibility index (Phi) is 8.00. The molecular formula is C52H38N2. The first-order valence-corrected chi connectivity index (χ1v) is 18.8. The number of para-hydroxylation sites is 1. The largest absolute Gasteiger partial charge is 0.333 e. The summed E-state index contributed by atoms with van der Waals surface area (Å²) in [7, 11) is 0. The number of hydrogen-bond acceptors (Lipinski definition) is 1. The molecule has 0 amide bonds. The van der Waals surface area contributed by atoms with Gasteiger partial charge in [-0.25, -0.2) is 0 Å². The summed E-state index contributed by atoms with van der Waals surface area (Å²) in [6, 6.07) is 70.5. The van der Waals surface area contributed by atoms with Crippen LogP contribution in [-0.2, 0) is 0 Å². The fourth-order valence-electron chi connectivity index (χ4n) is 8.20. The minimum absolute atomic E-state index is 0.205. The summed E-state index contributed by atoms with van der Waals surface area (Å²) in [5, 5.41) is 5.17. The molecule has 10 rings (SSSR count). The Bertz CT molecular complexity index is 2720. The highest BCUT2D eigenvalue weighted by Gasteiger charge is 2.20. The van der Waals surface area contributed by atoms with Crippen molar-refractivity contribution in [3.8, 4) is 22.3 Å². The number of benzene rings is 8. The van der Waals surface area contributed by atoms with Gasteiger partial charge in [0, 0.05) is 33.4 Å². The number of hydrogen-bond donors (Lipinski definition) is 0. The van der Waals surface area contributed by atoms with Gasteiger partial charge in [-0.2, -0.15) is 0 Å². The molecule has 256 valence electrons. The highest BCUT2D eigenvalue weighted by atomic mass is 15.1. The first-order chi connectivity index (χ1) is 26.8. The normalized spacial score (nSPS) is 14.1. The Morgan fingerprint density at radius 3 is 1.48 bits per heavy atom. The number of fused-ring (bicyclic) bond motifs is 4. The molecule has 2 heteroatoms. The fourth-order valence-corrected chi connectivity index (χ4v) is 8.20. The van der Waals surface area contributed by atoms with Gasteiger partial charge in [0.05, 0.1) is 11.6 Å². The molecule has 0 N–H and O–H groups in total. The van der Waals surface area contributed by atoms with Crippen molar-refractivity contribution in [1.29, 1.82) is 0 Å². The van der Waals surface area contributed by atoms with E-state index < -0.39 is 0 Å². The van der Waals surface area contributed by atoms with E-state index in [9.17, 15) is 0 Å². The van der Waals surface area contributed by atoms with Gasteiger partial charge in [-0.15, -0.1) is 0 Å². The van der Waals surface area contributed by atoms with Crippen LogP contribution in [0.25, 0.3) is 60.4 Å². The predicted molar refractivity (Wildman–Crippen MR) is 230 cm³/mol. The topological polar surface area (TPSA) is 8.17 Å². The molecule has 1 unspecified atom stereocenters. The second-order valence-corrected chi connectivity index (χ2v) is 14.1.